The molecule has 1 aromatic carbocycles. The van der Waals surface area contributed by atoms with Crippen LogP contribution in [0.25, 0.3) is 0 Å². The van der Waals surface area contributed by atoms with Crippen LogP contribution in [0.4, 0.5) is 17.6 Å². The third-order valence-electron chi connectivity index (χ3n) is 4.61. The molecule has 1 aromatic rings. The van der Waals surface area contributed by atoms with Crippen molar-refractivity contribution < 1.29 is 40.2 Å². The third-order valence-corrected chi connectivity index (χ3v) is 6.10. The number of allylic oxidation sites excluding steroid dienone is 2. The Balaban J connectivity index is 1.91. The lowest BCUT2D eigenvalue weighted by Crippen LogP contribution is -2.33. The molecular formula is C20H23F4NO5S. The van der Waals surface area contributed by atoms with E-state index in [0.29, 0.717) is 12.0 Å². The van der Waals surface area contributed by atoms with Gasteiger partial charge in [-0.15, -0.1) is 0 Å². The van der Waals surface area contributed by atoms with E-state index in [0.717, 1.165) is 0 Å². The molecule has 1 aliphatic rings. The number of sulfonamides is 1. The number of halogens is 4. The van der Waals surface area contributed by atoms with Crippen LogP contribution in [-0.4, -0.2) is 47.0 Å². The van der Waals surface area contributed by atoms with Crippen LogP contribution in [0.1, 0.15) is 18.9 Å². The molecule has 11 heteroatoms. The molecule has 1 atom stereocenters. The number of carbonyl (C=O) groups is 1. The van der Waals surface area contributed by atoms with Crippen LogP contribution in [-0.2, 0) is 26.0 Å². The first kappa shape index (κ1) is 24.9. The van der Waals surface area contributed by atoms with Gasteiger partial charge in [0.15, 0.2) is 6.61 Å². The van der Waals surface area contributed by atoms with Crippen molar-refractivity contribution in [3.8, 4) is 5.75 Å². The summed E-state index contributed by atoms with van der Waals surface area (Å²) in [5.74, 6) is -4.99. The summed E-state index contributed by atoms with van der Waals surface area (Å²) in [5.41, 5.74) is 0.950. The first-order valence-corrected chi connectivity index (χ1v) is 10.8. The second-order valence-corrected chi connectivity index (χ2v) is 8.74. The van der Waals surface area contributed by atoms with Gasteiger partial charge in [0.1, 0.15) is 5.75 Å². The number of ether oxygens (including phenoxy) is 2. The van der Waals surface area contributed by atoms with E-state index in [1.54, 1.807) is 6.92 Å². The minimum atomic E-state index is -4.25. The minimum absolute atomic E-state index is 0.00777. The lowest BCUT2D eigenvalue weighted by atomic mass is 9.93. The van der Waals surface area contributed by atoms with E-state index in [9.17, 15) is 30.8 Å². The second kappa shape index (κ2) is 10.3. The van der Waals surface area contributed by atoms with E-state index in [2.05, 4.69) is 14.2 Å². The number of carbonyl (C=O) groups excluding carboxylic acids is 1. The summed E-state index contributed by atoms with van der Waals surface area (Å²) in [6.45, 7) is 0.386. The Morgan fingerprint density at radius 3 is 2.48 bits per heavy atom. The smallest absolute Gasteiger partial charge is 0.340 e. The highest BCUT2D eigenvalue weighted by molar-refractivity contribution is 7.93. The number of alkyl halides is 4. The lowest BCUT2D eigenvalue weighted by Gasteiger charge is -2.19. The van der Waals surface area contributed by atoms with Crippen molar-refractivity contribution in [2.45, 2.75) is 32.1 Å². The molecule has 1 N–H and O–H groups in total. The van der Waals surface area contributed by atoms with E-state index in [4.69, 9.17) is 0 Å². The second-order valence-electron chi connectivity index (χ2n) is 6.98. The van der Waals surface area contributed by atoms with E-state index >= 15 is 0 Å². The van der Waals surface area contributed by atoms with E-state index < -0.39 is 34.9 Å². The average molecular weight is 465 g/mol. The highest BCUT2D eigenvalue weighted by Gasteiger charge is 2.41. The normalized spacial score (nSPS) is 17.2. The zero-order valence-corrected chi connectivity index (χ0v) is 17.7. The largest absolute Gasteiger partial charge is 0.487 e. The summed E-state index contributed by atoms with van der Waals surface area (Å²) in [5, 5.41) is 0. The molecule has 0 saturated heterocycles. The number of benzene rings is 1. The highest BCUT2D eigenvalue weighted by atomic mass is 32.2. The molecule has 172 valence electrons. The Bertz CT molecular complexity index is 943. The van der Waals surface area contributed by atoms with Gasteiger partial charge in [0.05, 0.1) is 12.0 Å². The van der Waals surface area contributed by atoms with Gasteiger partial charge in [-0.05, 0) is 42.5 Å². The van der Waals surface area contributed by atoms with Gasteiger partial charge in [0.2, 0.25) is 10.0 Å². The number of methoxy groups -OCH3 is 1. The van der Waals surface area contributed by atoms with Crippen LogP contribution in [0.3, 0.4) is 0 Å². The van der Waals surface area contributed by atoms with Crippen molar-refractivity contribution >= 4 is 16.0 Å². The minimum Gasteiger partial charge on any atom is -0.487 e. The third kappa shape index (κ3) is 6.79. The maximum atomic E-state index is 12.9. The fourth-order valence-corrected chi connectivity index (χ4v) is 3.88. The average Bonchev–Trinajstić information content (AvgIpc) is 2.72. The number of esters is 1. The van der Waals surface area contributed by atoms with Gasteiger partial charge in [-0.3, -0.25) is 0 Å². The Morgan fingerprint density at radius 1 is 1.26 bits per heavy atom. The Labute approximate surface area is 178 Å². The standard InChI is InChI=1S/C20H23F4NO5S/c1-13-3-8-16(11-17(13)18(26)29-2)31(27,28)25-10-9-14-4-6-15(7-5-14)30-12-20(23,24)19(21)22/h4-8,11,13,19,25H,3,9-10,12H2,1-2H3. The molecule has 0 fully saturated rings. The van der Waals surface area contributed by atoms with Crippen molar-refractivity contribution in [1.29, 1.82) is 0 Å². The number of hydrogen-bond donors (Lipinski definition) is 1. The Kier molecular flexibility index (Phi) is 8.24. The summed E-state index contributed by atoms with van der Waals surface area (Å²) >= 11 is 0. The molecule has 1 unspecified atom stereocenters. The predicted octanol–water partition coefficient (Wildman–Crippen LogP) is 3.45. The summed E-state index contributed by atoms with van der Waals surface area (Å²) in [6, 6.07) is 5.70. The van der Waals surface area contributed by atoms with Gasteiger partial charge in [-0.2, -0.15) is 8.78 Å². The maximum absolute atomic E-state index is 12.9. The molecule has 0 spiro atoms. The molecule has 0 heterocycles. The molecule has 6 nitrogen and oxygen atoms in total. The maximum Gasteiger partial charge on any atom is 0.340 e. The zero-order valence-electron chi connectivity index (χ0n) is 16.9. The van der Waals surface area contributed by atoms with Crippen LogP contribution in [0.2, 0.25) is 0 Å². The lowest BCUT2D eigenvalue weighted by molar-refractivity contribution is -0.148. The Hall–Kier alpha value is -2.40. The fraction of sp³-hybridized carbons (Fsp3) is 0.450. The van der Waals surface area contributed by atoms with Crippen molar-refractivity contribution in [3.63, 3.8) is 0 Å². The molecule has 1 aliphatic carbocycles. The molecule has 0 aliphatic heterocycles. The fourth-order valence-electron chi connectivity index (χ4n) is 2.75. The van der Waals surface area contributed by atoms with Crippen molar-refractivity contribution in [2.24, 2.45) is 5.92 Å². The first-order chi connectivity index (χ1) is 14.5. The topological polar surface area (TPSA) is 81.7 Å². The SMILES string of the molecule is COC(=O)C1=CC(S(=O)(=O)NCCc2ccc(OCC(F)(F)C(F)F)cc2)=CCC1C. The molecular weight excluding hydrogens is 442 g/mol. The molecule has 31 heavy (non-hydrogen) atoms. The van der Waals surface area contributed by atoms with Gasteiger partial charge in [0.25, 0.3) is 0 Å². The van der Waals surface area contributed by atoms with Gasteiger partial charge in [0, 0.05) is 12.1 Å². The Morgan fingerprint density at radius 2 is 1.90 bits per heavy atom. The molecule has 0 radical (unpaired) electrons. The first-order valence-electron chi connectivity index (χ1n) is 9.33. The van der Waals surface area contributed by atoms with Crippen molar-refractivity contribution in [1.82, 2.24) is 4.72 Å². The van der Waals surface area contributed by atoms with Gasteiger partial charge in [-0.25, -0.2) is 26.7 Å². The van der Waals surface area contributed by atoms with Crippen LogP contribution < -0.4 is 9.46 Å². The van der Waals surface area contributed by atoms with Crippen LogP contribution in [0, 0.1) is 5.92 Å². The van der Waals surface area contributed by atoms with E-state index in [1.165, 1.54) is 43.5 Å². The van der Waals surface area contributed by atoms with Crippen LogP contribution >= 0.6 is 0 Å². The summed E-state index contributed by atoms with van der Waals surface area (Å²) in [6.07, 6.45) is -0.335. The van der Waals surface area contributed by atoms with Gasteiger partial charge < -0.3 is 9.47 Å². The van der Waals surface area contributed by atoms with Crippen LogP contribution in [0.5, 0.6) is 5.75 Å². The number of rotatable bonds is 10. The summed E-state index contributed by atoms with van der Waals surface area (Å²) < 4.78 is 86.8. The molecule has 0 bridgehead atoms. The predicted molar refractivity (Wildman–Crippen MR) is 105 cm³/mol. The van der Waals surface area contributed by atoms with Gasteiger partial charge in [-0.1, -0.05) is 25.1 Å². The van der Waals surface area contributed by atoms with E-state index in [1.807, 2.05) is 0 Å². The monoisotopic (exact) mass is 465 g/mol. The van der Waals surface area contributed by atoms with Crippen molar-refractivity contribution in [2.75, 3.05) is 20.3 Å². The zero-order chi connectivity index (χ0) is 23.2. The summed E-state index contributed by atoms with van der Waals surface area (Å²) in [7, 11) is -2.62. The quantitative estimate of drug-likeness (QED) is 0.423. The molecule has 0 aromatic heterocycles. The number of hydrogen-bond acceptors (Lipinski definition) is 5. The number of nitrogens with one attached hydrogen (secondary N) is 1. The van der Waals surface area contributed by atoms with E-state index in [-0.39, 0.29) is 35.1 Å². The summed E-state index contributed by atoms with van der Waals surface area (Å²) in [4.78, 5) is 11.8. The molecule has 0 saturated carbocycles. The van der Waals surface area contributed by atoms with Crippen molar-refractivity contribution in [3.05, 3.63) is 52.5 Å². The van der Waals surface area contributed by atoms with Crippen LogP contribution in [0.15, 0.2) is 46.9 Å². The van der Waals surface area contributed by atoms with Gasteiger partial charge >= 0.3 is 18.3 Å². The highest BCUT2D eigenvalue weighted by Crippen LogP contribution is 2.27. The molecule has 2 rings (SSSR count). The molecule has 0 amide bonds.